The van der Waals surface area contributed by atoms with Crippen LogP contribution in [-0.2, 0) is 32.5 Å². The molecule has 0 amide bonds. The summed E-state index contributed by atoms with van der Waals surface area (Å²) in [6, 6.07) is 1.96. The molecule has 0 saturated carbocycles. The Kier molecular flexibility index (Phi) is 5.68. The van der Waals surface area contributed by atoms with Gasteiger partial charge in [-0.25, -0.2) is 0 Å². The van der Waals surface area contributed by atoms with Gasteiger partial charge in [0.1, 0.15) is 0 Å². The first-order valence-corrected chi connectivity index (χ1v) is 6.23. The van der Waals surface area contributed by atoms with E-state index in [4.69, 9.17) is 34.8 Å². The molecule has 0 aromatic carbocycles. The minimum Gasteiger partial charge on any atom is -0.282 e. The van der Waals surface area contributed by atoms with Gasteiger partial charge in [0.05, 0.1) is 11.1 Å². The maximum Gasteiger partial charge on any atom is 0.201 e. The molecule has 1 N–H and O–H groups in total. The molecule has 0 radical (unpaired) electrons. The Morgan fingerprint density at radius 1 is 1.06 bits per heavy atom. The van der Waals surface area contributed by atoms with E-state index in [0.29, 0.717) is 0 Å². The molecule has 1 rings (SSSR count). The Hall–Kier alpha value is 0.794. The van der Waals surface area contributed by atoms with Crippen LogP contribution in [0, 0.1) is 0 Å². The molecular formula is C11H17Cl3N2Ti. The van der Waals surface area contributed by atoms with Gasteiger partial charge in [0.2, 0.25) is 3.79 Å². The van der Waals surface area contributed by atoms with Crippen LogP contribution in [0.5, 0.6) is 0 Å². The first kappa shape index (κ1) is 17.8. The van der Waals surface area contributed by atoms with Crippen LogP contribution in [0.25, 0.3) is 0 Å². The zero-order chi connectivity index (χ0) is 12.8. The summed E-state index contributed by atoms with van der Waals surface area (Å²) >= 11 is 17.9. The summed E-state index contributed by atoms with van der Waals surface area (Å²) in [5.74, 6) is 0. The monoisotopic (exact) mass is 330 g/mol. The third-order valence-electron chi connectivity index (χ3n) is 2.73. The Morgan fingerprint density at radius 3 is 1.82 bits per heavy atom. The molecule has 6 heteroatoms. The van der Waals surface area contributed by atoms with E-state index < -0.39 is 9.21 Å². The Bertz CT molecular complexity index is 375. The molecule has 0 bridgehead atoms. The number of aromatic amines is 1. The van der Waals surface area contributed by atoms with Crippen LogP contribution in [0.4, 0.5) is 0 Å². The van der Waals surface area contributed by atoms with E-state index in [1.54, 1.807) is 0 Å². The molecule has 0 saturated heterocycles. The molecule has 2 nitrogen and oxygen atoms in total. The minimum atomic E-state index is -1.37. The third kappa shape index (κ3) is 3.88. The summed E-state index contributed by atoms with van der Waals surface area (Å²) in [4.78, 5) is 0. The minimum absolute atomic E-state index is 0. The molecule has 0 aliphatic carbocycles. The van der Waals surface area contributed by atoms with Gasteiger partial charge in [0.15, 0.2) is 0 Å². The Balaban J connectivity index is 0.00000256. The standard InChI is InChI=1S/C11H17Cl3N2.Ti/c1-9(2,3)7-6-8(16-15-7)10(4,5)11(12,13)14;/h6H,1-5H3,(H,15,16);. The molecule has 17 heavy (non-hydrogen) atoms. The fraction of sp³-hybridized carbons (Fsp3) is 0.727. The molecular weight excluding hydrogens is 314 g/mol. The van der Waals surface area contributed by atoms with Crippen LogP contribution < -0.4 is 0 Å². The molecule has 1 heterocycles. The van der Waals surface area contributed by atoms with Crippen LogP contribution in [0.2, 0.25) is 0 Å². The molecule has 0 unspecified atom stereocenters. The van der Waals surface area contributed by atoms with Crippen molar-refractivity contribution in [3.05, 3.63) is 17.5 Å². The van der Waals surface area contributed by atoms with Crippen molar-refractivity contribution in [3.8, 4) is 0 Å². The molecule has 1 aromatic heterocycles. The maximum atomic E-state index is 5.97. The molecule has 1 aromatic rings. The topological polar surface area (TPSA) is 28.7 Å². The smallest absolute Gasteiger partial charge is 0.201 e. The zero-order valence-electron chi connectivity index (χ0n) is 10.7. The van der Waals surface area contributed by atoms with Crippen molar-refractivity contribution in [3.63, 3.8) is 0 Å². The number of aromatic nitrogens is 2. The summed E-state index contributed by atoms with van der Waals surface area (Å²) in [7, 11) is 0. The van der Waals surface area contributed by atoms with Crippen LogP contribution >= 0.6 is 34.8 Å². The van der Waals surface area contributed by atoms with E-state index in [-0.39, 0.29) is 27.1 Å². The van der Waals surface area contributed by atoms with E-state index in [0.717, 1.165) is 11.4 Å². The van der Waals surface area contributed by atoms with Gasteiger partial charge in [0.25, 0.3) is 0 Å². The first-order chi connectivity index (χ1) is 6.96. The van der Waals surface area contributed by atoms with Crippen molar-refractivity contribution in [2.75, 3.05) is 0 Å². The normalized spacial score (nSPS) is 13.4. The quantitative estimate of drug-likeness (QED) is 0.601. The first-order valence-electron chi connectivity index (χ1n) is 5.09. The molecule has 0 aliphatic heterocycles. The van der Waals surface area contributed by atoms with Crippen molar-refractivity contribution in [1.82, 2.24) is 10.2 Å². The number of nitrogens with one attached hydrogen (secondary N) is 1. The van der Waals surface area contributed by atoms with E-state index in [2.05, 4.69) is 31.0 Å². The number of H-pyrrole nitrogens is 1. The Labute approximate surface area is 133 Å². The third-order valence-corrected chi connectivity index (χ3v) is 4.15. The predicted molar refractivity (Wildman–Crippen MR) is 70.6 cm³/mol. The number of alkyl halides is 3. The Morgan fingerprint density at radius 2 is 1.53 bits per heavy atom. The average Bonchev–Trinajstić information content (AvgIpc) is 2.47. The molecule has 0 fully saturated rings. The van der Waals surface area contributed by atoms with E-state index >= 15 is 0 Å². The van der Waals surface area contributed by atoms with Crippen molar-refractivity contribution < 1.29 is 21.7 Å². The molecule has 96 valence electrons. The second kappa shape index (κ2) is 5.42. The van der Waals surface area contributed by atoms with Gasteiger partial charge in [-0.15, -0.1) is 0 Å². The van der Waals surface area contributed by atoms with E-state index in [1.807, 2.05) is 19.9 Å². The number of halogens is 3. The zero-order valence-corrected chi connectivity index (χ0v) is 14.5. The van der Waals surface area contributed by atoms with Crippen LogP contribution in [0.15, 0.2) is 6.07 Å². The average molecular weight is 331 g/mol. The molecule has 0 spiro atoms. The number of hydrogen-bond acceptors (Lipinski definition) is 1. The van der Waals surface area contributed by atoms with Gasteiger partial charge in [-0.1, -0.05) is 69.4 Å². The van der Waals surface area contributed by atoms with Crippen LogP contribution in [0.3, 0.4) is 0 Å². The van der Waals surface area contributed by atoms with Gasteiger partial charge < -0.3 is 0 Å². The van der Waals surface area contributed by atoms with Gasteiger partial charge in [0, 0.05) is 32.8 Å². The van der Waals surface area contributed by atoms with Gasteiger partial charge in [-0.05, 0) is 6.07 Å². The fourth-order valence-electron chi connectivity index (χ4n) is 1.18. The fourth-order valence-corrected chi connectivity index (χ4v) is 1.48. The number of rotatable bonds is 1. The van der Waals surface area contributed by atoms with Crippen LogP contribution in [0.1, 0.15) is 46.0 Å². The summed E-state index contributed by atoms with van der Waals surface area (Å²) in [5.41, 5.74) is 1.18. The van der Waals surface area contributed by atoms with Crippen molar-refractivity contribution in [1.29, 1.82) is 0 Å². The largest absolute Gasteiger partial charge is 0.282 e. The van der Waals surface area contributed by atoms with Gasteiger partial charge in [-0.2, -0.15) is 5.10 Å². The van der Waals surface area contributed by atoms with E-state index in [1.165, 1.54) is 0 Å². The van der Waals surface area contributed by atoms with Crippen molar-refractivity contribution in [2.45, 2.75) is 49.2 Å². The maximum absolute atomic E-state index is 5.97. The SMILES string of the molecule is CC(C)(C)c1cc(C(C)(C)C(Cl)(Cl)Cl)[nH]n1.[Ti]. The number of hydrogen-bond donors (Lipinski definition) is 1. The molecule has 0 aliphatic rings. The van der Waals surface area contributed by atoms with Crippen LogP contribution in [-0.4, -0.2) is 14.0 Å². The number of nitrogens with zero attached hydrogens (tertiary/aromatic N) is 1. The summed E-state index contributed by atoms with van der Waals surface area (Å²) in [5, 5.41) is 7.22. The summed E-state index contributed by atoms with van der Waals surface area (Å²) in [6.45, 7) is 10.0. The molecule has 0 atom stereocenters. The van der Waals surface area contributed by atoms with Gasteiger partial charge in [-0.3, -0.25) is 5.10 Å². The van der Waals surface area contributed by atoms with Gasteiger partial charge >= 0.3 is 0 Å². The summed E-state index contributed by atoms with van der Waals surface area (Å²) in [6.07, 6.45) is 0. The summed E-state index contributed by atoms with van der Waals surface area (Å²) < 4.78 is -1.37. The van der Waals surface area contributed by atoms with Crippen molar-refractivity contribution >= 4 is 34.8 Å². The van der Waals surface area contributed by atoms with E-state index in [9.17, 15) is 0 Å². The second-order valence-corrected chi connectivity index (χ2v) is 7.82. The predicted octanol–water partition coefficient (Wildman–Crippen LogP) is 4.35. The second-order valence-electron chi connectivity index (χ2n) is 5.54. The van der Waals surface area contributed by atoms with Crippen molar-refractivity contribution in [2.24, 2.45) is 0 Å².